The van der Waals surface area contributed by atoms with Gasteiger partial charge in [-0.1, -0.05) is 38.5 Å². The first-order valence-electron chi connectivity index (χ1n) is 7.05. The van der Waals surface area contributed by atoms with Crippen molar-refractivity contribution in [3.63, 3.8) is 0 Å². The van der Waals surface area contributed by atoms with Crippen molar-refractivity contribution < 1.29 is 4.92 Å². The molecule has 1 saturated carbocycles. The molecule has 2 unspecified atom stereocenters. The first-order chi connectivity index (χ1) is 9.09. The minimum atomic E-state index is -0.301. The van der Waals surface area contributed by atoms with E-state index < -0.39 is 0 Å². The normalized spacial score (nSPS) is 27.2. The zero-order valence-corrected chi connectivity index (χ0v) is 11.6. The van der Waals surface area contributed by atoms with Crippen molar-refractivity contribution in [2.24, 2.45) is 11.8 Å². The summed E-state index contributed by atoms with van der Waals surface area (Å²) in [6, 6.07) is 7.45. The summed E-state index contributed by atoms with van der Waals surface area (Å²) < 4.78 is 0. The average Bonchev–Trinajstić information content (AvgIpc) is 2.38. The van der Waals surface area contributed by atoms with Gasteiger partial charge in [0, 0.05) is 24.2 Å². The molecule has 4 nitrogen and oxygen atoms in total. The van der Waals surface area contributed by atoms with E-state index in [1.54, 1.807) is 12.1 Å². The molecule has 4 heteroatoms. The summed E-state index contributed by atoms with van der Waals surface area (Å²) in [7, 11) is 0. The molecule has 0 aromatic heterocycles. The third kappa shape index (κ3) is 3.32. The van der Waals surface area contributed by atoms with Crippen LogP contribution in [-0.2, 0) is 6.54 Å². The summed E-state index contributed by atoms with van der Waals surface area (Å²) in [5.41, 5.74) is 0.989. The molecule has 1 fully saturated rings. The zero-order valence-electron chi connectivity index (χ0n) is 11.6. The molecular weight excluding hydrogens is 240 g/mol. The standard InChI is InChI=1S/C15H22N2O2/c1-11-6-5-7-12(2)15(11)16-10-13-8-3-4-9-14(13)17(18)19/h3-4,8-9,11-12,15-16H,5-7,10H2,1-2H3. The molecule has 1 aliphatic carbocycles. The van der Waals surface area contributed by atoms with Crippen LogP contribution in [0.5, 0.6) is 0 Å². The number of rotatable bonds is 4. The van der Waals surface area contributed by atoms with Crippen LogP contribution in [-0.4, -0.2) is 11.0 Å². The van der Waals surface area contributed by atoms with Gasteiger partial charge in [-0.2, -0.15) is 0 Å². The highest BCUT2D eigenvalue weighted by atomic mass is 16.6. The van der Waals surface area contributed by atoms with Crippen molar-refractivity contribution in [1.82, 2.24) is 5.32 Å². The van der Waals surface area contributed by atoms with Crippen LogP contribution in [0.2, 0.25) is 0 Å². The highest BCUT2D eigenvalue weighted by Crippen LogP contribution is 2.29. The van der Waals surface area contributed by atoms with Crippen molar-refractivity contribution >= 4 is 5.69 Å². The fourth-order valence-electron chi connectivity index (χ4n) is 3.15. The molecule has 1 aromatic rings. The van der Waals surface area contributed by atoms with E-state index in [9.17, 15) is 10.1 Å². The summed E-state index contributed by atoms with van der Waals surface area (Å²) in [5.74, 6) is 1.29. The van der Waals surface area contributed by atoms with Crippen molar-refractivity contribution in [2.75, 3.05) is 0 Å². The Morgan fingerprint density at radius 3 is 2.53 bits per heavy atom. The topological polar surface area (TPSA) is 55.2 Å². The molecule has 0 saturated heterocycles. The molecule has 1 N–H and O–H groups in total. The van der Waals surface area contributed by atoms with Gasteiger partial charge in [-0.15, -0.1) is 0 Å². The van der Waals surface area contributed by atoms with Gasteiger partial charge in [0.1, 0.15) is 0 Å². The predicted molar refractivity (Wildman–Crippen MR) is 75.9 cm³/mol. The molecular formula is C15H22N2O2. The van der Waals surface area contributed by atoms with Gasteiger partial charge < -0.3 is 5.32 Å². The lowest BCUT2D eigenvalue weighted by molar-refractivity contribution is -0.385. The van der Waals surface area contributed by atoms with E-state index in [4.69, 9.17) is 0 Å². The Kier molecular flexibility index (Phi) is 4.53. The Labute approximate surface area is 114 Å². The molecule has 0 spiro atoms. The minimum absolute atomic E-state index is 0.214. The Morgan fingerprint density at radius 1 is 1.26 bits per heavy atom. The van der Waals surface area contributed by atoms with E-state index in [0.29, 0.717) is 24.4 Å². The second-order valence-electron chi connectivity index (χ2n) is 5.68. The largest absolute Gasteiger partial charge is 0.309 e. The second kappa shape index (κ2) is 6.15. The molecule has 104 valence electrons. The van der Waals surface area contributed by atoms with Crippen LogP contribution in [0.15, 0.2) is 24.3 Å². The van der Waals surface area contributed by atoms with Gasteiger partial charge in [-0.3, -0.25) is 10.1 Å². The second-order valence-corrected chi connectivity index (χ2v) is 5.68. The van der Waals surface area contributed by atoms with Gasteiger partial charge in [0.15, 0.2) is 0 Å². The lowest BCUT2D eigenvalue weighted by Gasteiger charge is -2.35. The van der Waals surface area contributed by atoms with Gasteiger partial charge >= 0.3 is 0 Å². The summed E-state index contributed by atoms with van der Waals surface area (Å²) in [6.07, 6.45) is 3.80. The van der Waals surface area contributed by atoms with E-state index in [1.165, 1.54) is 19.3 Å². The van der Waals surface area contributed by atoms with Gasteiger partial charge in [0.2, 0.25) is 0 Å². The maximum absolute atomic E-state index is 11.0. The summed E-state index contributed by atoms with van der Waals surface area (Å²) in [5, 5.41) is 14.5. The molecule has 2 atom stereocenters. The molecule has 1 aromatic carbocycles. The molecule has 0 heterocycles. The van der Waals surface area contributed by atoms with Gasteiger partial charge in [0.25, 0.3) is 5.69 Å². The van der Waals surface area contributed by atoms with E-state index in [1.807, 2.05) is 12.1 Å². The van der Waals surface area contributed by atoms with Crippen LogP contribution < -0.4 is 5.32 Å². The molecule has 0 bridgehead atoms. The molecule has 2 rings (SSSR count). The van der Waals surface area contributed by atoms with E-state index in [0.717, 1.165) is 5.56 Å². The number of nitro groups is 1. The smallest absolute Gasteiger partial charge is 0.273 e. The molecule has 0 aliphatic heterocycles. The monoisotopic (exact) mass is 262 g/mol. The average molecular weight is 262 g/mol. The molecule has 19 heavy (non-hydrogen) atoms. The quantitative estimate of drug-likeness (QED) is 0.667. The Morgan fingerprint density at radius 2 is 1.89 bits per heavy atom. The number of nitrogens with zero attached hydrogens (tertiary/aromatic N) is 1. The number of hydrogen-bond acceptors (Lipinski definition) is 3. The van der Waals surface area contributed by atoms with Crippen LogP contribution in [0.3, 0.4) is 0 Å². The highest BCUT2D eigenvalue weighted by molar-refractivity contribution is 5.39. The van der Waals surface area contributed by atoms with Gasteiger partial charge in [-0.05, 0) is 24.7 Å². The Balaban J connectivity index is 2.04. The summed E-state index contributed by atoms with van der Waals surface area (Å²) >= 11 is 0. The summed E-state index contributed by atoms with van der Waals surface area (Å²) in [6.45, 7) is 5.12. The predicted octanol–water partition coefficient (Wildman–Crippen LogP) is 3.51. The molecule has 1 aliphatic rings. The van der Waals surface area contributed by atoms with Gasteiger partial charge in [0.05, 0.1) is 4.92 Å². The zero-order chi connectivity index (χ0) is 13.8. The number of hydrogen-bond donors (Lipinski definition) is 1. The Bertz CT molecular complexity index is 438. The van der Waals surface area contributed by atoms with Crippen molar-refractivity contribution in [2.45, 2.75) is 45.7 Å². The number of nitro benzene ring substituents is 1. The van der Waals surface area contributed by atoms with E-state index in [2.05, 4.69) is 19.2 Å². The highest BCUT2D eigenvalue weighted by Gasteiger charge is 2.27. The van der Waals surface area contributed by atoms with Crippen LogP contribution in [0.1, 0.15) is 38.7 Å². The lowest BCUT2D eigenvalue weighted by Crippen LogP contribution is -2.42. The first kappa shape index (κ1) is 14.0. The first-order valence-corrected chi connectivity index (χ1v) is 7.05. The summed E-state index contributed by atoms with van der Waals surface area (Å²) in [4.78, 5) is 10.7. The van der Waals surface area contributed by atoms with Crippen molar-refractivity contribution in [1.29, 1.82) is 0 Å². The van der Waals surface area contributed by atoms with E-state index in [-0.39, 0.29) is 10.6 Å². The number of para-hydroxylation sites is 1. The fraction of sp³-hybridized carbons (Fsp3) is 0.600. The number of benzene rings is 1. The van der Waals surface area contributed by atoms with Crippen molar-refractivity contribution in [3.8, 4) is 0 Å². The van der Waals surface area contributed by atoms with Crippen LogP contribution >= 0.6 is 0 Å². The SMILES string of the molecule is CC1CCCC(C)C1NCc1ccccc1[N+](=O)[O-]. The third-order valence-corrected chi connectivity index (χ3v) is 4.26. The third-order valence-electron chi connectivity index (χ3n) is 4.26. The van der Waals surface area contributed by atoms with Crippen LogP contribution in [0, 0.1) is 22.0 Å². The van der Waals surface area contributed by atoms with Crippen LogP contribution in [0.4, 0.5) is 5.69 Å². The maximum Gasteiger partial charge on any atom is 0.273 e. The maximum atomic E-state index is 11.0. The van der Waals surface area contributed by atoms with E-state index >= 15 is 0 Å². The fourth-order valence-corrected chi connectivity index (χ4v) is 3.15. The van der Waals surface area contributed by atoms with Crippen molar-refractivity contribution in [3.05, 3.63) is 39.9 Å². The molecule has 0 amide bonds. The lowest BCUT2D eigenvalue weighted by atomic mass is 9.78. The Hall–Kier alpha value is -1.42. The minimum Gasteiger partial charge on any atom is -0.309 e. The van der Waals surface area contributed by atoms with Crippen LogP contribution in [0.25, 0.3) is 0 Å². The molecule has 0 radical (unpaired) electrons. The number of nitrogens with one attached hydrogen (secondary N) is 1. The van der Waals surface area contributed by atoms with Gasteiger partial charge in [-0.25, -0.2) is 0 Å².